The molecule has 2 aromatic rings. The molecule has 1 heterocycles. The van der Waals surface area contributed by atoms with Crippen LogP contribution in [0.2, 0.25) is 5.02 Å². The third-order valence-corrected chi connectivity index (χ3v) is 3.64. The van der Waals surface area contributed by atoms with E-state index in [9.17, 15) is 0 Å². The van der Waals surface area contributed by atoms with Gasteiger partial charge in [-0.2, -0.15) is 4.98 Å². The van der Waals surface area contributed by atoms with Crippen molar-refractivity contribution in [1.82, 2.24) is 10.1 Å². The average Bonchev–Trinajstić information content (AvgIpc) is 2.68. The minimum absolute atomic E-state index is 0.0982. The Morgan fingerprint density at radius 3 is 2.75 bits per heavy atom. The summed E-state index contributed by atoms with van der Waals surface area (Å²) in [5.74, 6) is 1.28. The van der Waals surface area contributed by atoms with Gasteiger partial charge in [-0.25, -0.2) is 0 Å². The van der Waals surface area contributed by atoms with Crippen LogP contribution < -0.4 is 0 Å². The number of aryl methyl sites for hydroxylation is 1. The molecule has 1 aromatic carbocycles. The maximum atomic E-state index is 6.07. The van der Waals surface area contributed by atoms with Gasteiger partial charge in [0.15, 0.2) is 5.82 Å². The fraction of sp³-hybridized carbons (Fsp3) is 0.273. The number of aromatic nitrogens is 2. The van der Waals surface area contributed by atoms with Crippen molar-refractivity contribution in [3.63, 3.8) is 0 Å². The highest BCUT2D eigenvalue weighted by Crippen LogP contribution is 2.37. The zero-order valence-electron chi connectivity index (χ0n) is 8.98. The molecule has 0 spiro atoms. The molecule has 3 nitrogen and oxygen atoms in total. The molecule has 0 N–H and O–H groups in total. The molecule has 1 atom stereocenters. The highest BCUT2D eigenvalue weighted by Gasteiger charge is 2.15. The number of rotatable bonds is 3. The second-order valence-electron chi connectivity index (χ2n) is 3.37. The maximum absolute atomic E-state index is 6.07. The molecule has 5 heteroatoms. The quantitative estimate of drug-likeness (QED) is 0.779. The van der Waals surface area contributed by atoms with Gasteiger partial charge in [-0.3, -0.25) is 0 Å². The number of thioether (sulfide) groups is 1. The van der Waals surface area contributed by atoms with Gasteiger partial charge >= 0.3 is 0 Å². The summed E-state index contributed by atoms with van der Waals surface area (Å²) in [4.78, 5) is 5.22. The van der Waals surface area contributed by atoms with Crippen LogP contribution in [0.1, 0.15) is 23.9 Å². The van der Waals surface area contributed by atoms with E-state index >= 15 is 0 Å². The second kappa shape index (κ2) is 4.89. The Labute approximate surface area is 103 Å². The van der Waals surface area contributed by atoms with Crippen molar-refractivity contribution in [2.24, 2.45) is 0 Å². The van der Waals surface area contributed by atoms with Crippen LogP contribution in [0.5, 0.6) is 0 Å². The molecule has 0 bridgehead atoms. The molecule has 0 saturated carbocycles. The lowest BCUT2D eigenvalue weighted by Gasteiger charge is -2.07. The normalized spacial score (nSPS) is 12.7. The second-order valence-corrected chi connectivity index (χ2v) is 5.16. The number of halogens is 1. The monoisotopic (exact) mass is 254 g/mol. The fourth-order valence-corrected chi connectivity index (χ4v) is 2.44. The summed E-state index contributed by atoms with van der Waals surface area (Å²) in [5, 5.41) is 4.61. The molecule has 0 saturated heterocycles. The van der Waals surface area contributed by atoms with E-state index < -0.39 is 0 Å². The molecule has 84 valence electrons. The van der Waals surface area contributed by atoms with Crippen LogP contribution in [-0.4, -0.2) is 10.1 Å². The summed E-state index contributed by atoms with van der Waals surface area (Å²) in [6.07, 6.45) is 0. The van der Waals surface area contributed by atoms with Gasteiger partial charge in [0.05, 0.1) is 10.3 Å². The molecule has 0 aliphatic heterocycles. The molecular weight excluding hydrogens is 244 g/mol. The van der Waals surface area contributed by atoms with Gasteiger partial charge in [0, 0.05) is 4.90 Å². The van der Waals surface area contributed by atoms with Gasteiger partial charge in [-0.1, -0.05) is 28.9 Å². The first kappa shape index (κ1) is 11.5. The zero-order chi connectivity index (χ0) is 11.5. The van der Waals surface area contributed by atoms with Gasteiger partial charge < -0.3 is 4.52 Å². The van der Waals surface area contributed by atoms with E-state index in [0.717, 1.165) is 9.92 Å². The molecule has 1 aromatic heterocycles. The van der Waals surface area contributed by atoms with Crippen molar-refractivity contribution in [2.75, 3.05) is 0 Å². The molecule has 16 heavy (non-hydrogen) atoms. The Morgan fingerprint density at radius 1 is 1.38 bits per heavy atom. The lowest BCUT2D eigenvalue weighted by Crippen LogP contribution is -1.89. The lowest BCUT2D eigenvalue weighted by molar-refractivity contribution is 0.376. The van der Waals surface area contributed by atoms with Gasteiger partial charge in [-0.15, -0.1) is 11.8 Å². The minimum Gasteiger partial charge on any atom is -0.338 e. The van der Waals surface area contributed by atoms with Gasteiger partial charge in [0.2, 0.25) is 5.89 Å². The van der Waals surface area contributed by atoms with Crippen molar-refractivity contribution in [2.45, 2.75) is 24.0 Å². The van der Waals surface area contributed by atoms with Crippen LogP contribution >= 0.6 is 23.4 Å². The summed E-state index contributed by atoms with van der Waals surface area (Å²) < 4.78 is 5.11. The van der Waals surface area contributed by atoms with Gasteiger partial charge in [0.1, 0.15) is 0 Å². The van der Waals surface area contributed by atoms with E-state index in [1.54, 1.807) is 18.7 Å². The first-order valence-electron chi connectivity index (χ1n) is 4.88. The third-order valence-electron chi connectivity index (χ3n) is 2.03. The zero-order valence-corrected chi connectivity index (χ0v) is 10.5. The lowest BCUT2D eigenvalue weighted by atomic mass is 10.4. The Hall–Kier alpha value is -1.00. The summed E-state index contributed by atoms with van der Waals surface area (Å²) in [6, 6.07) is 7.72. The molecule has 0 fully saturated rings. The largest absolute Gasteiger partial charge is 0.338 e. The van der Waals surface area contributed by atoms with Crippen molar-refractivity contribution in [1.29, 1.82) is 0 Å². The first-order valence-corrected chi connectivity index (χ1v) is 6.14. The van der Waals surface area contributed by atoms with E-state index in [1.807, 2.05) is 31.2 Å². The summed E-state index contributed by atoms with van der Waals surface area (Å²) in [6.45, 7) is 3.82. The van der Waals surface area contributed by atoms with Crippen molar-refractivity contribution in [3.05, 3.63) is 41.0 Å². The fourth-order valence-electron chi connectivity index (χ4n) is 1.26. The summed E-state index contributed by atoms with van der Waals surface area (Å²) in [7, 11) is 0. The van der Waals surface area contributed by atoms with Crippen LogP contribution in [0.25, 0.3) is 0 Å². The molecule has 0 aliphatic carbocycles. The summed E-state index contributed by atoms with van der Waals surface area (Å²) in [5.41, 5.74) is 0. The number of hydrogen-bond donors (Lipinski definition) is 0. The predicted molar refractivity (Wildman–Crippen MR) is 64.8 cm³/mol. The topological polar surface area (TPSA) is 38.9 Å². The van der Waals surface area contributed by atoms with Crippen molar-refractivity contribution >= 4 is 23.4 Å². The highest BCUT2D eigenvalue weighted by molar-refractivity contribution is 7.99. The minimum atomic E-state index is 0.0982. The Bertz CT molecular complexity index is 486. The van der Waals surface area contributed by atoms with E-state index in [2.05, 4.69) is 10.1 Å². The average molecular weight is 255 g/mol. The van der Waals surface area contributed by atoms with E-state index in [4.69, 9.17) is 16.1 Å². The van der Waals surface area contributed by atoms with Crippen LogP contribution in [0.4, 0.5) is 0 Å². The van der Waals surface area contributed by atoms with E-state index in [1.165, 1.54) is 0 Å². The maximum Gasteiger partial charge on any atom is 0.239 e. The molecule has 2 rings (SSSR count). The highest BCUT2D eigenvalue weighted by atomic mass is 35.5. The SMILES string of the molecule is Cc1noc([C@H](C)Sc2ccccc2Cl)n1. The smallest absolute Gasteiger partial charge is 0.239 e. The van der Waals surface area contributed by atoms with Gasteiger partial charge in [-0.05, 0) is 26.0 Å². The predicted octanol–water partition coefficient (Wildman–Crippen LogP) is 3.88. The first-order chi connectivity index (χ1) is 7.66. The third kappa shape index (κ3) is 2.57. The van der Waals surface area contributed by atoms with Crippen LogP contribution in [0, 0.1) is 6.92 Å². The number of benzene rings is 1. The Kier molecular flexibility index (Phi) is 3.51. The van der Waals surface area contributed by atoms with Crippen LogP contribution in [0.3, 0.4) is 0 Å². The van der Waals surface area contributed by atoms with Crippen molar-refractivity contribution in [3.8, 4) is 0 Å². The summed E-state index contributed by atoms with van der Waals surface area (Å²) >= 11 is 7.68. The molecule has 0 radical (unpaired) electrons. The number of nitrogens with zero attached hydrogens (tertiary/aromatic N) is 2. The Balaban J connectivity index is 2.13. The van der Waals surface area contributed by atoms with E-state index in [0.29, 0.717) is 11.7 Å². The number of hydrogen-bond acceptors (Lipinski definition) is 4. The van der Waals surface area contributed by atoms with Crippen molar-refractivity contribution < 1.29 is 4.52 Å². The molecule has 0 unspecified atom stereocenters. The molecule has 0 amide bonds. The molecule has 0 aliphatic rings. The standard InChI is InChI=1S/C11H11ClN2OS/c1-7(11-13-8(2)14-15-11)16-10-6-4-3-5-9(10)12/h3-7H,1-2H3/t7-/m0/s1. The van der Waals surface area contributed by atoms with Gasteiger partial charge in [0.25, 0.3) is 0 Å². The molecular formula is C11H11ClN2OS. The Morgan fingerprint density at radius 2 is 2.12 bits per heavy atom. The van der Waals surface area contributed by atoms with E-state index in [-0.39, 0.29) is 5.25 Å². The van der Waals surface area contributed by atoms with Crippen LogP contribution in [0.15, 0.2) is 33.7 Å². The van der Waals surface area contributed by atoms with Crippen LogP contribution in [-0.2, 0) is 0 Å².